The predicted molar refractivity (Wildman–Crippen MR) is 155 cm³/mol. The lowest BCUT2D eigenvalue weighted by molar-refractivity contribution is -0.152. The van der Waals surface area contributed by atoms with Gasteiger partial charge in [0.05, 0.1) is 19.2 Å². The van der Waals surface area contributed by atoms with Crippen LogP contribution < -0.4 is 15.2 Å². The van der Waals surface area contributed by atoms with E-state index in [1.807, 2.05) is 31.2 Å². The fourth-order valence-electron chi connectivity index (χ4n) is 4.25. The second-order valence-corrected chi connectivity index (χ2v) is 10.6. The number of esters is 1. The molecule has 3 aromatic rings. The van der Waals surface area contributed by atoms with Gasteiger partial charge < -0.3 is 19.3 Å². The highest BCUT2D eigenvalue weighted by Crippen LogP contribution is 2.31. The Morgan fingerprint density at radius 2 is 1.66 bits per heavy atom. The quantitative estimate of drug-likeness (QED) is 0.181. The summed E-state index contributed by atoms with van der Waals surface area (Å²) < 4.78 is 19.5. The van der Waals surface area contributed by atoms with Crippen LogP contribution in [0.25, 0.3) is 0 Å². The molecule has 0 aliphatic heterocycles. The van der Waals surface area contributed by atoms with Crippen molar-refractivity contribution in [2.24, 2.45) is 0 Å². The summed E-state index contributed by atoms with van der Waals surface area (Å²) in [6.45, 7) is 7.63. The monoisotopic (exact) mass is 567 g/mol. The van der Waals surface area contributed by atoms with Crippen LogP contribution in [0.3, 0.4) is 0 Å². The van der Waals surface area contributed by atoms with E-state index >= 15 is 0 Å². The Balaban J connectivity index is 1.76. The van der Waals surface area contributed by atoms with E-state index in [-0.39, 0.29) is 29.4 Å². The lowest BCUT2D eigenvalue weighted by Gasteiger charge is -2.23. The molecule has 0 saturated carbocycles. The van der Waals surface area contributed by atoms with Crippen LogP contribution in [0, 0.1) is 6.92 Å². The molecule has 10 nitrogen and oxygen atoms in total. The van der Waals surface area contributed by atoms with Crippen molar-refractivity contribution in [3.63, 3.8) is 0 Å². The standard InChI is InChI=1S/C31H41N3O7/c1-6-7-8-9-10-11-18-33-27(32-34(30(33)38)20-23-14-12-22(2)13-15-23)21-40-28(35)24-16-17-25(26(19-24)39-5)41-31(3,4)29(36)37/h12-17,19H,6-11,18,20-21H2,1-5H3,(H,36,37). The van der Waals surface area contributed by atoms with Crippen molar-refractivity contribution in [3.05, 3.63) is 75.5 Å². The number of aryl methyl sites for hydroxylation is 1. The van der Waals surface area contributed by atoms with Crippen LogP contribution in [0.2, 0.25) is 0 Å². The van der Waals surface area contributed by atoms with Crippen molar-refractivity contribution in [1.29, 1.82) is 0 Å². The molecule has 0 bridgehead atoms. The molecule has 0 aliphatic carbocycles. The van der Waals surface area contributed by atoms with E-state index in [0.717, 1.165) is 30.4 Å². The number of ether oxygens (including phenoxy) is 3. The Bertz CT molecular complexity index is 1370. The Labute approximate surface area is 240 Å². The fraction of sp³-hybridized carbons (Fsp3) is 0.484. The first-order chi connectivity index (χ1) is 19.6. The summed E-state index contributed by atoms with van der Waals surface area (Å²) in [5.41, 5.74) is 0.530. The molecule has 0 fully saturated rings. The van der Waals surface area contributed by atoms with Crippen LogP contribution in [0.15, 0.2) is 47.3 Å². The number of hydrogen-bond donors (Lipinski definition) is 1. The molecule has 1 heterocycles. The number of carbonyl (C=O) groups is 2. The highest BCUT2D eigenvalue weighted by Gasteiger charge is 2.31. The molecule has 1 N–H and O–H groups in total. The molecule has 0 unspecified atom stereocenters. The van der Waals surface area contributed by atoms with E-state index in [0.29, 0.717) is 18.9 Å². The minimum atomic E-state index is -1.49. The molecule has 222 valence electrons. The minimum absolute atomic E-state index is 0.180. The SMILES string of the molecule is CCCCCCCCn1c(COC(=O)c2ccc(OC(C)(C)C(=O)O)c(OC)c2)nn(Cc2ccc(C)cc2)c1=O. The number of carbonyl (C=O) groups excluding carboxylic acids is 1. The van der Waals surface area contributed by atoms with Crippen molar-refractivity contribution in [1.82, 2.24) is 14.3 Å². The largest absolute Gasteiger partial charge is 0.493 e. The number of aromatic nitrogens is 3. The normalized spacial score (nSPS) is 11.3. The van der Waals surface area contributed by atoms with Gasteiger partial charge in [-0.1, -0.05) is 68.9 Å². The van der Waals surface area contributed by atoms with Crippen LogP contribution in [0.4, 0.5) is 0 Å². The van der Waals surface area contributed by atoms with Gasteiger partial charge in [0.15, 0.2) is 29.5 Å². The third-order valence-corrected chi connectivity index (χ3v) is 6.80. The first-order valence-electron chi connectivity index (χ1n) is 14.0. The summed E-state index contributed by atoms with van der Waals surface area (Å²) >= 11 is 0. The summed E-state index contributed by atoms with van der Waals surface area (Å²) in [5, 5.41) is 13.9. The number of carboxylic acids is 1. The van der Waals surface area contributed by atoms with Crippen molar-refractivity contribution in [2.45, 2.75) is 91.5 Å². The van der Waals surface area contributed by atoms with Gasteiger partial charge in [-0.05, 0) is 51.0 Å². The third kappa shape index (κ3) is 8.70. The van der Waals surface area contributed by atoms with Crippen molar-refractivity contribution in [3.8, 4) is 11.5 Å². The Kier molecular flexibility index (Phi) is 11.1. The molecule has 0 spiro atoms. The Morgan fingerprint density at radius 3 is 2.32 bits per heavy atom. The highest BCUT2D eigenvalue weighted by molar-refractivity contribution is 5.90. The maximum absolute atomic E-state index is 13.3. The average molecular weight is 568 g/mol. The summed E-state index contributed by atoms with van der Waals surface area (Å²) in [6, 6.07) is 12.3. The molecule has 1 aromatic heterocycles. The zero-order chi connectivity index (χ0) is 30.0. The van der Waals surface area contributed by atoms with Gasteiger partial charge in [0, 0.05) is 6.54 Å². The minimum Gasteiger partial charge on any atom is -0.493 e. The van der Waals surface area contributed by atoms with Gasteiger partial charge in [0.1, 0.15) is 0 Å². The highest BCUT2D eigenvalue weighted by atomic mass is 16.5. The molecule has 41 heavy (non-hydrogen) atoms. The van der Waals surface area contributed by atoms with Crippen LogP contribution in [-0.4, -0.2) is 44.1 Å². The van der Waals surface area contributed by atoms with Gasteiger partial charge in [-0.15, -0.1) is 0 Å². The molecular weight excluding hydrogens is 526 g/mol. The number of nitrogens with zero attached hydrogens (tertiary/aromatic N) is 3. The van der Waals surface area contributed by atoms with Gasteiger partial charge in [0.25, 0.3) is 0 Å². The first kappa shape index (κ1) is 31.4. The maximum Gasteiger partial charge on any atom is 0.347 e. The van der Waals surface area contributed by atoms with E-state index in [4.69, 9.17) is 14.2 Å². The Hall–Kier alpha value is -4.08. The zero-order valence-corrected chi connectivity index (χ0v) is 24.6. The summed E-state index contributed by atoms with van der Waals surface area (Å²) in [5.74, 6) is -1.04. The number of carboxylic acid groups (broad SMARTS) is 1. The average Bonchev–Trinajstić information content (AvgIpc) is 3.24. The molecule has 0 radical (unpaired) electrons. The lowest BCUT2D eigenvalue weighted by atomic mass is 10.1. The summed E-state index contributed by atoms with van der Waals surface area (Å²) in [4.78, 5) is 37.7. The van der Waals surface area contributed by atoms with Crippen LogP contribution >= 0.6 is 0 Å². The summed E-state index contributed by atoms with van der Waals surface area (Å²) in [7, 11) is 1.40. The van der Waals surface area contributed by atoms with Crippen LogP contribution in [0.1, 0.15) is 86.6 Å². The number of benzene rings is 2. The smallest absolute Gasteiger partial charge is 0.347 e. The third-order valence-electron chi connectivity index (χ3n) is 6.80. The molecule has 3 rings (SSSR count). The maximum atomic E-state index is 13.3. The van der Waals surface area contributed by atoms with E-state index in [2.05, 4.69) is 12.0 Å². The number of unbranched alkanes of at least 4 members (excludes halogenated alkanes) is 5. The fourth-order valence-corrected chi connectivity index (χ4v) is 4.25. The Morgan fingerprint density at radius 1 is 0.976 bits per heavy atom. The van der Waals surface area contributed by atoms with Gasteiger partial charge in [-0.2, -0.15) is 5.10 Å². The van der Waals surface area contributed by atoms with Crippen molar-refractivity contribution >= 4 is 11.9 Å². The van der Waals surface area contributed by atoms with Crippen LogP contribution in [0.5, 0.6) is 11.5 Å². The molecule has 0 atom stereocenters. The van der Waals surface area contributed by atoms with E-state index in [1.165, 1.54) is 63.1 Å². The van der Waals surface area contributed by atoms with Gasteiger partial charge in [-0.25, -0.2) is 19.1 Å². The number of rotatable bonds is 16. The van der Waals surface area contributed by atoms with Gasteiger partial charge in [-0.3, -0.25) is 4.57 Å². The zero-order valence-electron chi connectivity index (χ0n) is 24.6. The molecule has 0 amide bonds. The second-order valence-electron chi connectivity index (χ2n) is 10.6. The topological polar surface area (TPSA) is 122 Å². The van der Waals surface area contributed by atoms with Crippen LogP contribution in [-0.2, 0) is 29.2 Å². The van der Waals surface area contributed by atoms with Crippen molar-refractivity contribution in [2.75, 3.05) is 7.11 Å². The second kappa shape index (κ2) is 14.5. The molecule has 0 saturated heterocycles. The molecule has 10 heteroatoms. The van der Waals surface area contributed by atoms with E-state index < -0.39 is 17.5 Å². The molecular formula is C31H41N3O7. The number of aliphatic carboxylic acids is 1. The first-order valence-corrected chi connectivity index (χ1v) is 14.0. The van der Waals surface area contributed by atoms with Gasteiger partial charge in [0.2, 0.25) is 0 Å². The van der Waals surface area contributed by atoms with Crippen molar-refractivity contribution < 1.29 is 28.9 Å². The van der Waals surface area contributed by atoms with E-state index in [1.54, 1.807) is 4.57 Å². The van der Waals surface area contributed by atoms with E-state index in [9.17, 15) is 19.5 Å². The predicted octanol–water partition coefficient (Wildman–Crippen LogP) is 5.37. The number of methoxy groups -OCH3 is 1. The number of hydrogen-bond acceptors (Lipinski definition) is 7. The molecule has 0 aliphatic rings. The lowest BCUT2D eigenvalue weighted by Crippen LogP contribution is -2.38. The summed E-state index contributed by atoms with van der Waals surface area (Å²) in [6.07, 6.45) is 6.47. The molecule has 2 aromatic carbocycles. The van der Waals surface area contributed by atoms with Gasteiger partial charge >= 0.3 is 17.6 Å².